The van der Waals surface area contributed by atoms with Crippen molar-refractivity contribution in [3.63, 3.8) is 0 Å². The number of carbonyl (C=O) groups is 3. The van der Waals surface area contributed by atoms with E-state index in [1.54, 1.807) is 13.8 Å². The summed E-state index contributed by atoms with van der Waals surface area (Å²) >= 11 is 3.76. The number of hydrogen-bond donors (Lipinski definition) is 2. The van der Waals surface area contributed by atoms with Gasteiger partial charge < -0.3 is 19.6 Å². The molecule has 2 amide bonds. The van der Waals surface area contributed by atoms with Crippen LogP contribution in [0.4, 0.5) is 0 Å². The summed E-state index contributed by atoms with van der Waals surface area (Å²) in [5, 5.41) is 30.8. The van der Waals surface area contributed by atoms with Gasteiger partial charge >= 0.3 is 5.97 Å². The van der Waals surface area contributed by atoms with E-state index in [0.29, 0.717) is 34.1 Å². The number of carboxylic acid groups (broad SMARTS) is 1. The number of tetrazole rings is 1. The molecule has 34 heavy (non-hydrogen) atoms. The number of fused-ring (bicyclic) bond motifs is 1. The molecule has 2 aromatic heterocycles. The van der Waals surface area contributed by atoms with Gasteiger partial charge in [0.1, 0.15) is 16.9 Å². The van der Waals surface area contributed by atoms with E-state index < -0.39 is 28.9 Å². The number of thioether (sulfide) groups is 3. The number of rotatable bonds is 10. The molecule has 2 aliphatic heterocycles. The Morgan fingerprint density at radius 3 is 2.76 bits per heavy atom. The van der Waals surface area contributed by atoms with E-state index in [1.165, 1.54) is 47.1 Å². The predicted molar refractivity (Wildman–Crippen MR) is 120 cm³/mol. The number of methoxy groups -OCH3 is 1. The maximum Gasteiger partial charge on any atom is 0.352 e. The van der Waals surface area contributed by atoms with Gasteiger partial charge in [-0.25, -0.2) is 9.48 Å². The molecule has 182 valence electrons. The molecular weight excluding hydrogens is 508 g/mol. The Morgan fingerprint density at radius 2 is 2.15 bits per heavy atom. The van der Waals surface area contributed by atoms with Crippen LogP contribution in [0.25, 0.3) is 0 Å². The molecule has 2 aliphatic rings. The van der Waals surface area contributed by atoms with Gasteiger partial charge in [0, 0.05) is 25.5 Å². The zero-order valence-corrected chi connectivity index (χ0v) is 20.7. The summed E-state index contributed by atoms with van der Waals surface area (Å²) in [6, 6.07) is 0. The van der Waals surface area contributed by atoms with Crippen molar-refractivity contribution in [2.45, 2.75) is 36.0 Å². The molecule has 1 unspecified atom stereocenters. The van der Waals surface area contributed by atoms with Gasteiger partial charge in [0.25, 0.3) is 16.9 Å². The number of nitrogens with one attached hydrogen (secondary N) is 1. The minimum atomic E-state index is -1.64. The third-order valence-corrected chi connectivity index (χ3v) is 8.17. The van der Waals surface area contributed by atoms with E-state index >= 15 is 0 Å². The van der Waals surface area contributed by atoms with Gasteiger partial charge in [-0.15, -0.1) is 38.8 Å². The minimum absolute atomic E-state index is 0.0300. The average Bonchev–Trinajstić information content (AvgIpc) is 3.42. The second kappa shape index (κ2) is 9.93. The summed E-state index contributed by atoms with van der Waals surface area (Å²) in [5.74, 6) is -0.329. The lowest BCUT2D eigenvalue weighted by molar-refractivity contribution is -0.192. The van der Waals surface area contributed by atoms with Gasteiger partial charge in [0.05, 0.1) is 11.6 Å². The normalized spacial score (nSPS) is 21.9. The first-order valence-corrected chi connectivity index (χ1v) is 13.0. The minimum Gasteiger partial charge on any atom is -0.477 e. The fraction of sp³-hybridized carbons (Fsp3) is 0.529. The Balaban J connectivity index is 1.43. The van der Waals surface area contributed by atoms with Gasteiger partial charge in [-0.2, -0.15) is 0 Å². The molecule has 0 spiro atoms. The summed E-state index contributed by atoms with van der Waals surface area (Å²) in [7, 11) is 1.31. The van der Waals surface area contributed by atoms with Gasteiger partial charge in [-0.1, -0.05) is 11.8 Å². The van der Waals surface area contributed by atoms with Crippen LogP contribution in [0, 0.1) is 13.8 Å². The van der Waals surface area contributed by atoms with Crippen molar-refractivity contribution in [3.8, 4) is 0 Å². The molecule has 4 heterocycles. The van der Waals surface area contributed by atoms with E-state index in [0.717, 1.165) is 4.90 Å². The van der Waals surface area contributed by atoms with Gasteiger partial charge in [0.2, 0.25) is 11.8 Å². The third-order valence-electron chi connectivity index (χ3n) is 4.99. The Hall–Kier alpha value is -2.63. The summed E-state index contributed by atoms with van der Waals surface area (Å²) in [6.45, 7) is 3.40. The molecule has 2 N–H and O–H groups in total. The number of aliphatic carboxylic acids is 1. The third kappa shape index (κ3) is 4.51. The summed E-state index contributed by atoms with van der Waals surface area (Å²) in [6.07, 6.45) is 0. The molecule has 4 rings (SSSR count). The molecule has 0 aromatic carbocycles. The first-order chi connectivity index (χ1) is 16.3. The summed E-state index contributed by atoms with van der Waals surface area (Å²) < 4.78 is 12.3. The Morgan fingerprint density at radius 1 is 1.35 bits per heavy atom. The highest BCUT2D eigenvalue weighted by molar-refractivity contribution is 8.01. The van der Waals surface area contributed by atoms with Crippen LogP contribution in [0.5, 0.6) is 0 Å². The van der Waals surface area contributed by atoms with Gasteiger partial charge in [-0.05, 0) is 22.9 Å². The summed E-state index contributed by atoms with van der Waals surface area (Å²) in [4.78, 5) is 38.9. The maximum absolute atomic E-state index is 13.1. The first-order valence-electron chi connectivity index (χ1n) is 9.77. The van der Waals surface area contributed by atoms with Crippen LogP contribution in [0.1, 0.15) is 11.7 Å². The molecule has 17 heteroatoms. The topological polar surface area (TPSA) is 178 Å². The fourth-order valence-electron chi connectivity index (χ4n) is 3.38. The van der Waals surface area contributed by atoms with E-state index in [9.17, 15) is 19.5 Å². The highest BCUT2D eigenvalue weighted by Gasteiger charge is 2.66. The molecule has 1 saturated heterocycles. The molecule has 0 saturated carbocycles. The van der Waals surface area contributed by atoms with Crippen LogP contribution < -0.4 is 5.32 Å². The highest BCUT2D eigenvalue weighted by Crippen LogP contribution is 2.47. The summed E-state index contributed by atoms with van der Waals surface area (Å²) in [5.41, 5.74) is -1.23. The number of β-lactam (4-membered cyclic amide) rings is 1. The zero-order chi connectivity index (χ0) is 24.5. The van der Waals surface area contributed by atoms with Crippen molar-refractivity contribution < 1.29 is 28.6 Å². The molecule has 2 aromatic rings. The number of carboxylic acids is 1. The Kier molecular flexibility index (Phi) is 7.15. The fourth-order valence-corrected chi connectivity index (χ4v) is 6.52. The number of ether oxygens (including phenoxy) is 1. The van der Waals surface area contributed by atoms with Crippen LogP contribution in [-0.2, 0) is 25.0 Å². The monoisotopic (exact) mass is 528 g/mol. The van der Waals surface area contributed by atoms with Crippen molar-refractivity contribution >= 4 is 53.1 Å². The predicted octanol–water partition coefficient (Wildman–Crippen LogP) is -0.131. The number of amides is 2. The van der Waals surface area contributed by atoms with Crippen LogP contribution in [0.2, 0.25) is 0 Å². The molecule has 2 atom stereocenters. The lowest BCUT2D eigenvalue weighted by Crippen LogP contribution is -2.80. The molecular formula is C17H20N8O6S3. The SMILES string of the molecule is CO[C@@]1(NC(=O)CSCn2nnnc2C)C(=O)N2C(C(=O)O)=C(CSc3nnc(C)o3)CSC21. The van der Waals surface area contributed by atoms with Crippen molar-refractivity contribution in [1.29, 1.82) is 0 Å². The Labute approximate surface area is 205 Å². The number of nitrogens with zero attached hydrogens (tertiary/aromatic N) is 7. The largest absolute Gasteiger partial charge is 0.477 e. The number of aryl methyl sites for hydroxylation is 2. The van der Waals surface area contributed by atoms with Crippen LogP contribution >= 0.6 is 35.3 Å². The molecule has 1 fully saturated rings. The van der Waals surface area contributed by atoms with Gasteiger partial charge in [0.15, 0.2) is 0 Å². The van der Waals surface area contributed by atoms with E-state index in [2.05, 4.69) is 31.0 Å². The molecule has 0 bridgehead atoms. The average molecular weight is 529 g/mol. The van der Waals surface area contributed by atoms with Crippen molar-refractivity contribution in [2.75, 3.05) is 24.4 Å². The number of aromatic nitrogens is 6. The van der Waals surface area contributed by atoms with Crippen molar-refractivity contribution in [3.05, 3.63) is 23.0 Å². The first kappa shape index (κ1) is 24.5. The maximum atomic E-state index is 13.1. The van der Waals surface area contributed by atoms with E-state index in [1.807, 2.05) is 0 Å². The standard InChI is InChI=1S/C17H20N8O6S3/c1-8-19-22-23-24(8)7-32-6-11(26)18-17(30-3)14(29)25-12(13(27)28)10(4-33-15(17)25)5-34-16-21-20-9(2)31-16/h15H,4-7H2,1-3H3,(H,18,26)(H,27,28)/t15?,17-/m0/s1. The van der Waals surface area contributed by atoms with Gasteiger partial charge in [-0.3, -0.25) is 14.5 Å². The van der Waals surface area contributed by atoms with Crippen LogP contribution in [0.15, 0.2) is 20.9 Å². The second-order valence-electron chi connectivity index (χ2n) is 7.16. The number of hydrogen-bond acceptors (Lipinski definition) is 13. The van der Waals surface area contributed by atoms with Crippen LogP contribution in [-0.4, -0.2) is 93.7 Å². The molecule has 0 aliphatic carbocycles. The Bertz CT molecular complexity index is 1150. The van der Waals surface area contributed by atoms with E-state index in [4.69, 9.17) is 9.15 Å². The molecule has 0 radical (unpaired) electrons. The lowest BCUT2D eigenvalue weighted by atomic mass is 9.98. The highest BCUT2D eigenvalue weighted by atomic mass is 32.2. The van der Waals surface area contributed by atoms with Crippen LogP contribution in [0.3, 0.4) is 0 Å². The smallest absolute Gasteiger partial charge is 0.352 e. The molecule has 14 nitrogen and oxygen atoms in total. The van der Waals surface area contributed by atoms with E-state index in [-0.39, 0.29) is 17.2 Å². The number of carbonyl (C=O) groups excluding carboxylic acids is 2. The second-order valence-corrected chi connectivity index (χ2v) is 10.1. The van der Waals surface area contributed by atoms with Crippen molar-refractivity contribution in [2.24, 2.45) is 0 Å². The zero-order valence-electron chi connectivity index (χ0n) is 18.2. The quantitative estimate of drug-likeness (QED) is 0.236. The van der Waals surface area contributed by atoms with Crippen molar-refractivity contribution in [1.82, 2.24) is 40.6 Å². The lowest BCUT2D eigenvalue weighted by Gasteiger charge is -2.55.